The Bertz CT molecular complexity index is 1300. The highest BCUT2D eigenvalue weighted by atomic mass is 16.6. The van der Waals surface area contributed by atoms with Crippen molar-refractivity contribution in [3.63, 3.8) is 0 Å². The van der Waals surface area contributed by atoms with Crippen LogP contribution in [0.5, 0.6) is 0 Å². The summed E-state index contributed by atoms with van der Waals surface area (Å²) in [5.41, 5.74) is 3.29. The van der Waals surface area contributed by atoms with Gasteiger partial charge in [-0.1, -0.05) is 18.2 Å². The molecule has 4 rings (SSSR count). The number of carbonyl (C=O) groups excluding carboxylic acids is 1. The number of benzene rings is 2. The zero-order valence-electron chi connectivity index (χ0n) is 17.2. The highest BCUT2D eigenvalue weighted by Crippen LogP contribution is 2.28. The molecule has 1 N–H and O–H groups in total. The molecule has 1 amide bonds. The first-order chi connectivity index (χ1) is 14.8. The Hall–Kier alpha value is -4.27. The molecule has 0 spiro atoms. The van der Waals surface area contributed by atoms with Crippen molar-refractivity contribution in [2.75, 3.05) is 24.3 Å². The van der Waals surface area contributed by atoms with Crippen molar-refractivity contribution in [3.8, 4) is 5.69 Å². The van der Waals surface area contributed by atoms with Gasteiger partial charge in [0, 0.05) is 31.1 Å². The number of nitrogens with zero attached hydrogens (tertiary/aromatic N) is 5. The van der Waals surface area contributed by atoms with Crippen LogP contribution >= 0.6 is 0 Å². The molecule has 0 radical (unpaired) electrons. The van der Waals surface area contributed by atoms with Crippen LogP contribution in [0.3, 0.4) is 0 Å². The Morgan fingerprint density at radius 1 is 1.13 bits per heavy atom. The van der Waals surface area contributed by atoms with Gasteiger partial charge in [-0.15, -0.1) is 0 Å². The number of rotatable bonds is 5. The van der Waals surface area contributed by atoms with Crippen molar-refractivity contribution in [3.05, 3.63) is 82.2 Å². The molecule has 9 nitrogen and oxygen atoms in total. The number of aromatic nitrogens is 3. The van der Waals surface area contributed by atoms with E-state index in [9.17, 15) is 14.9 Å². The maximum atomic E-state index is 12.7. The molecule has 0 unspecified atom stereocenters. The lowest BCUT2D eigenvalue weighted by molar-refractivity contribution is -0.384. The van der Waals surface area contributed by atoms with Gasteiger partial charge in [-0.05, 0) is 37.3 Å². The van der Waals surface area contributed by atoms with Gasteiger partial charge in [0.05, 0.1) is 28.2 Å². The maximum Gasteiger partial charge on any atom is 0.293 e. The zero-order valence-corrected chi connectivity index (χ0v) is 17.2. The molecule has 0 saturated heterocycles. The quantitative estimate of drug-likeness (QED) is 0.390. The van der Waals surface area contributed by atoms with Crippen LogP contribution in [0.25, 0.3) is 16.7 Å². The number of nitro groups is 1. The maximum absolute atomic E-state index is 12.7. The third-order valence-electron chi connectivity index (χ3n) is 4.88. The van der Waals surface area contributed by atoms with E-state index in [0.717, 1.165) is 16.8 Å². The summed E-state index contributed by atoms with van der Waals surface area (Å²) in [6.07, 6.45) is 1.55. The summed E-state index contributed by atoms with van der Waals surface area (Å²) in [5, 5.41) is 19.5. The van der Waals surface area contributed by atoms with Crippen LogP contribution in [0.2, 0.25) is 0 Å². The summed E-state index contributed by atoms with van der Waals surface area (Å²) >= 11 is 0. The normalized spacial score (nSPS) is 10.8. The molecule has 0 atom stereocenters. The number of amides is 1. The summed E-state index contributed by atoms with van der Waals surface area (Å²) < 4.78 is 1.75. The number of para-hydroxylation sites is 1. The molecule has 0 aliphatic carbocycles. The standard InChI is InChI=1S/C22H20N6O3/c1-14-18-12-16(13-23-21(18)27(25-14)17-7-5-4-6-8-17)24-22(29)15-9-10-19(26(2)3)20(11-15)28(30)31/h4-13H,1-3H3,(H,24,29). The number of hydrogen-bond donors (Lipinski definition) is 1. The number of nitrogens with one attached hydrogen (secondary N) is 1. The van der Waals surface area contributed by atoms with Gasteiger partial charge in [0.25, 0.3) is 11.6 Å². The monoisotopic (exact) mass is 416 g/mol. The first kappa shape index (κ1) is 20.0. The summed E-state index contributed by atoms with van der Waals surface area (Å²) in [4.78, 5) is 29.7. The number of fused-ring (bicyclic) bond motifs is 1. The third kappa shape index (κ3) is 3.80. The average Bonchev–Trinajstić information content (AvgIpc) is 3.09. The lowest BCUT2D eigenvalue weighted by Crippen LogP contribution is -2.15. The van der Waals surface area contributed by atoms with Crippen LogP contribution in [0.4, 0.5) is 17.1 Å². The predicted octanol–water partition coefficient (Wildman–Crippen LogP) is 3.96. The first-order valence-electron chi connectivity index (χ1n) is 9.53. The van der Waals surface area contributed by atoms with Gasteiger partial charge in [0.2, 0.25) is 0 Å². The summed E-state index contributed by atoms with van der Waals surface area (Å²) in [5.74, 6) is -0.456. The van der Waals surface area contributed by atoms with E-state index in [1.807, 2.05) is 37.3 Å². The molecule has 156 valence electrons. The Morgan fingerprint density at radius 3 is 2.55 bits per heavy atom. The van der Waals surface area contributed by atoms with Gasteiger partial charge in [0.15, 0.2) is 5.65 Å². The van der Waals surface area contributed by atoms with Gasteiger partial charge >= 0.3 is 0 Å². The minimum absolute atomic E-state index is 0.133. The summed E-state index contributed by atoms with van der Waals surface area (Å²) in [6.45, 7) is 1.87. The highest BCUT2D eigenvalue weighted by molar-refractivity contribution is 6.05. The smallest absolute Gasteiger partial charge is 0.293 e. The van der Waals surface area contributed by atoms with Crippen LogP contribution in [0.1, 0.15) is 16.1 Å². The van der Waals surface area contributed by atoms with E-state index in [2.05, 4.69) is 15.4 Å². The van der Waals surface area contributed by atoms with Gasteiger partial charge in [0.1, 0.15) is 5.69 Å². The van der Waals surface area contributed by atoms with E-state index in [1.165, 1.54) is 6.07 Å². The Morgan fingerprint density at radius 2 is 1.87 bits per heavy atom. The van der Waals surface area contributed by atoms with E-state index in [4.69, 9.17) is 0 Å². The molecule has 2 heterocycles. The predicted molar refractivity (Wildman–Crippen MR) is 119 cm³/mol. The molecule has 0 bridgehead atoms. The molecule has 31 heavy (non-hydrogen) atoms. The van der Waals surface area contributed by atoms with E-state index < -0.39 is 10.8 Å². The minimum atomic E-state index is -0.499. The van der Waals surface area contributed by atoms with Crippen LogP contribution in [-0.4, -0.2) is 39.7 Å². The molecule has 9 heteroatoms. The molecule has 0 aliphatic heterocycles. The molecule has 2 aromatic heterocycles. The number of anilines is 2. The number of carbonyl (C=O) groups is 1. The van der Waals surface area contributed by atoms with Crippen molar-refractivity contribution in [1.82, 2.24) is 14.8 Å². The first-order valence-corrected chi connectivity index (χ1v) is 9.53. The molecule has 2 aromatic carbocycles. The SMILES string of the molecule is Cc1nn(-c2ccccc2)c2ncc(NC(=O)c3ccc(N(C)C)c([N+](=O)[O-])c3)cc12. The van der Waals surface area contributed by atoms with Crippen LogP contribution in [0.15, 0.2) is 60.8 Å². The fraction of sp³-hybridized carbons (Fsp3) is 0.136. The van der Waals surface area contributed by atoms with Gasteiger partial charge in [-0.25, -0.2) is 9.67 Å². The van der Waals surface area contributed by atoms with Gasteiger partial charge < -0.3 is 10.2 Å². The van der Waals surface area contributed by atoms with E-state index in [0.29, 0.717) is 17.0 Å². The molecular formula is C22H20N6O3. The second kappa shape index (κ2) is 7.86. The molecule has 4 aromatic rings. The second-order valence-electron chi connectivity index (χ2n) is 7.24. The lowest BCUT2D eigenvalue weighted by Gasteiger charge is -2.13. The lowest BCUT2D eigenvalue weighted by atomic mass is 10.1. The molecule has 0 fully saturated rings. The third-order valence-corrected chi connectivity index (χ3v) is 4.88. The molecule has 0 saturated carbocycles. The summed E-state index contributed by atoms with van der Waals surface area (Å²) in [7, 11) is 3.42. The topological polar surface area (TPSA) is 106 Å². The van der Waals surface area contributed by atoms with Crippen molar-refractivity contribution >= 4 is 34.0 Å². The number of pyridine rings is 1. The Labute approximate surface area is 178 Å². The van der Waals surface area contributed by atoms with Crippen molar-refractivity contribution in [1.29, 1.82) is 0 Å². The zero-order chi connectivity index (χ0) is 22.1. The summed E-state index contributed by atoms with van der Waals surface area (Å²) in [6, 6.07) is 15.8. The number of hydrogen-bond acceptors (Lipinski definition) is 6. The molecular weight excluding hydrogens is 396 g/mol. The molecule has 0 aliphatic rings. The van der Waals surface area contributed by atoms with Gasteiger partial charge in [-0.2, -0.15) is 5.10 Å². The van der Waals surface area contributed by atoms with Crippen molar-refractivity contribution in [2.24, 2.45) is 0 Å². The number of nitro benzene ring substituents is 1. The fourth-order valence-corrected chi connectivity index (χ4v) is 3.35. The van der Waals surface area contributed by atoms with E-state index >= 15 is 0 Å². The van der Waals surface area contributed by atoms with Gasteiger partial charge in [-0.3, -0.25) is 14.9 Å². The average molecular weight is 416 g/mol. The van der Waals surface area contributed by atoms with Crippen LogP contribution < -0.4 is 10.2 Å². The fourth-order valence-electron chi connectivity index (χ4n) is 3.35. The second-order valence-corrected chi connectivity index (χ2v) is 7.24. The minimum Gasteiger partial charge on any atom is -0.372 e. The Balaban J connectivity index is 1.65. The highest BCUT2D eigenvalue weighted by Gasteiger charge is 2.19. The largest absolute Gasteiger partial charge is 0.372 e. The Kier molecular flexibility index (Phi) is 5.08. The number of aryl methyl sites for hydroxylation is 1. The van der Waals surface area contributed by atoms with Crippen molar-refractivity contribution in [2.45, 2.75) is 6.92 Å². The van der Waals surface area contributed by atoms with E-state index in [-0.39, 0.29) is 11.3 Å². The van der Waals surface area contributed by atoms with Crippen LogP contribution in [0, 0.1) is 17.0 Å². The van der Waals surface area contributed by atoms with E-state index in [1.54, 1.807) is 48.1 Å². The van der Waals surface area contributed by atoms with Crippen LogP contribution in [-0.2, 0) is 0 Å². The van der Waals surface area contributed by atoms with Crippen molar-refractivity contribution < 1.29 is 9.72 Å².